The van der Waals surface area contributed by atoms with Crippen molar-refractivity contribution in [1.29, 1.82) is 0 Å². The van der Waals surface area contributed by atoms with Crippen molar-refractivity contribution < 1.29 is 9.90 Å². The number of carboxylic acids is 1. The Morgan fingerprint density at radius 1 is 1.29 bits per heavy atom. The van der Waals surface area contributed by atoms with Crippen LogP contribution in [-0.4, -0.2) is 11.1 Å². The van der Waals surface area contributed by atoms with Gasteiger partial charge < -0.3 is 5.11 Å². The van der Waals surface area contributed by atoms with Crippen LogP contribution in [-0.2, 0) is 10.2 Å². The molecule has 0 atom stereocenters. The molecule has 78 valence electrons. The van der Waals surface area contributed by atoms with Gasteiger partial charge in [0.2, 0.25) is 0 Å². The molecule has 0 bridgehead atoms. The number of hydrogen-bond donors (Lipinski definition) is 1. The van der Waals surface area contributed by atoms with E-state index in [1.165, 1.54) is 0 Å². The first-order valence-corrected chi connectivity index (χ1v) is 4.32. The van der Waals surface area contributed by atoms with E-state index < -0.39 is 11.4 Å². The molecule has 14 heavy (non-hydrogen) atoms. The van der Waals surface area contributed by atoms with Crippen LogP contribution in [0.15, 0.2) is 24.3 Å². The second-order valence-electron chi connectivity index (χ2n) is 3.44. The van der Waals surface area contributed by atoms with Crippen LogP contribution in [0.4, 0.5) is 0 Å². The van der Waals surface area contributed by atoms with E-state index in [4.69, 9.17) is 16.7 Å². The lowest BCUT2D eigenvalue weighted by molar-refractivity contribution is -0.142. The highest BCUT2D eigenvalue weighted by atomic mass is 35.5. The van der Waals surface area contributed by atoms with Crippen LogP contribution >= 0.6 is 24.0 Å². The number of hydrogen-bond acceptors (Lipinski definition) is 1. The SMILES string of the molecule is CC(C)(C(=O)O)c1ccc(Cl)cc1.Cl. The van der Waals surface area contributed by atoms with Gasteiger partial charge in [-0.1, -0.05) is 23.7 Å². The van der Waals surface area contributed by atoms with Crippen LogP contribution in [0.5, 0.6) is 0 Å². The smallest absolute Gasteiger partial charge is 0.313 e. The molecule has 0 saturated carbocycles. The topological polar surface area (TPSA) is 37.3 Å². The van der Waals surface area contributed by atoms with Crippen molar-refractivity contribution >= 4 is 30.0 Å². The van der Waals surface area contributed by atoms with E-state index in [9.17, 15) is 4.79 Å². The number of benzene rings is 1. The minimum absolute atomic E-state index is 0. The lowest BCUT2D eigenvalue weighted by atomic mass is 9.85. The van der Waals surface area contributed by atoms with E-state index in [-0.39, 0.29) is 12.4 Å². The summed E-state index contributed by atoms with van der Waals surface area (Å²) >= 11 is 5.69. The summed E-state index contributed by atoms with van der Waals surface area (Å²) in [6.45, 7) is 3.33. The van der Waals surface area contributed by atoms with Gasteiger partial charge in [-0.3, -0.25) is 4.79 Å². The van der Waals surface area contributed by atoms with Crippen molar-refractivity contribution in [3.63, 3.8) is 0 Å². The standard InChI is InChI=1S/C10H11ClO2.ClH/c1-10(2,9(12)13)7-3-5-8(11)6-4-7;/h3-6H,1-2H3,(H,12,13);1H. The molecule has 0 aliphatic rings. The number of carbonyl (C=O) groups is 1. The van der Waals surface area contributed by atoms with E-state index in [0.717, 1.165) is 5.56 Å². The average Bonchev–Trinajstić information content (AvgIpc) is 2.04. The molecule has 1 aromatic carbocycles. The fourth-order valence-electron chi connectivity index (χ4n) is 0.990. The van der Waals surface area contributed by atoms with Crippen LogP contribution in [0.25, 0.3) is 0 Å². The normalized spacial score (nSPS) is 10.5. The molecule has 0 aromatic heterocycles. The van der Waals surface area contributed by atoms with E-state index in [2.05, 4.69) is 0 Å². The summed E-state index contributed by atoms with van der Waals surface area (Å²) in [5.41, 5.74) is -0.102. The van der Waals surface area contributed by atoms with Gasteiger partial charge in [0.15, 0.2) is 0 Å². The molecule has 2 nitrogen and oxygen atoms in total. The van der Waals surface area contributed by atoms with Crippen LogP contribution in [0.1, 0.15) is 19.4 Å². The zero-order valence-corrected chi connectivity index (χ0v) is 9.52. The number of halogens is 2. The lowest BCUT2D eigenvalue weighted by Gasteiger charge is -2.19. The van der Waals surface area contributed by atoms with Gasteiger partial charge in [0, 0.05) is 5.02 Å². The van der Waals surface area contributed by atoms with Crippen LogP contribution < -0.4 is 0 Å². The van der Waals surface area contributed by atoms with Gasteiger partial charge in [-0.05, 0) is 31.5 Å². The molecule has 0 radical (unpaired) electrons. The molecule has 0 fully saturated rings. The van der Waals surface area contributed by atoms with Gasteiger partial charge in [0.1, 0.15) is 0 Å². The molecule has 0 heterocycles. The summed E-state index contributed by atoms with van der Waals surface area (Å²) in [7, 11) is 0. The van der Waals surface area contributed by atoms with E-state index in [1.54, 1.807) is 38.1 Å². The first kappa shape index (κ1) is 13.3. The van der Waals surface area contributed by atoms with Crippen molar-refractivity contribution in [2.75, 3.05) is 0 Å². The van der Waals surface area contributed by atoms with Gasteiger partial charge >= 0.3 is 5.97 Å². The van der Waals surface area contributed by atoms with Gasteiger partial charge in [-0.2, -0.15) is 0 Å². The van der Waals surface area contributed by atoms with E-state index in [0.29, 0.717) is 5.02 Å². The predicted molar refractivity (Wildman–Crippen MR) is 59.4 cm³/mol. The van der Waals surface area contributed by atoms with Gasteiger partial charge in [-0.15, -0.1) is 12.4 Å². The summed E-state index contributed by atoms with van der Waals surface area (Å²) in [5.74, 6) is -0.838. The van der Waals surface area contributed by atoms with Crippen molar-refractivity contribution in [2.45, 2.75) is 19.3 Å². The van der Waals surface area contributed by atoms with Crippen LogP contribution in [0.3, 0.4) is 0 Å². The summed E-state index contributed by atoms with van der Waals surface area (Å²) in [6, 6.07) is 6.86. The second kappa shape index (κ2) is 4.67. The fraction of sp³-hybridized carbons (Fsp3) is 0.300. The number of rotatable bonds is 2. The zero-order valence-electron chi connectivity index (χ0n) is 7.95. The predicted octanol–water partition coefficient (Wildman–Crippen LogP) is 3.12. The van der Waals surface area contributed by atoms with Crippen LogP contribution in [0, 0.1) is 0 Å². The molecule has 0 aliphatic carbocycles. The number of aliphatic carboxylic acids is 1. The highest BCUT2D eigenvalue weighted by Crippen LogP contribution is 2.24. The van der Waals surface area contributed by atoms with Crippen molar-refractivity contribution in [1.82, 2.24) is 0 Å². The Balaban J connectivity index is 0.00000169. The minimum Gasteiger partial charge on any atom is -0.481 e. The maximum absolute atomic E-state index is 10.9. The second-order valence-corrected chi connectivity index (χ2v) is 3.87. The quantitative estimate of drug-likeness (QED) is 0.854. The molecule has 0 saturated heterocycles. The lowest BCUT2D eigenvalue weighted by Crippen LogP contribution is -2.28. The highest BCUT2D eigenvalue weighted by molar-refractivity contribution is 6.30. The molecule has 0 unspecified atom stereocenters. The number of carboxylic acid groups (broad SMARTS) is 1. The monoisotopic (exact) mass is 234 g/mol. The average molecular weight is 235 g/mol. The summed E-state index contributed by atoms with van der Waals surface area (Å²) in [4.78, 5) is 10.9. The first-order valence-electron chi connectivity index (χ1n) is 3.94. The zero-order chi connectivity index (χ0) is 10.1. The molecule has 0 spiro atoms. The Hall–Kier alpha value is -0.730. The molecule has 1 rings (SSSR count). The van der Waals surface area contributed by atoms with Gasteiger partial charge in [0.05, 0.1) is 5.41 Å². The Morgan fingerprint density at radius 3 is 2.07 bits per heavy atom. The largest absolute Gasteiger partial charge is 0.481 e. The third-order valence-electron chi connectivity index (χ3n) is 2.10. The van der Waals surface area contributed by atoms with Crippen molar-refractivity contribution in [2.24, 2.45) is 0 Å². The molecule has 0 aliphatic heterocycles. The molecular formula is C10H12Cl2O2. The van der Waals surface area contributed by atoms with Crippen molar-refractivity contribution in [3.05, 3.63) is 34.9 Å². The van der Waals surface area contributed by atoms with Crippen molar-refractivity contribution in [3.8, 4) is 0 Å². The Kier molecular flexibility index (Phi) is 4.43. The third kappa shape index (κ3) is 2.63. The van der Waals surface area contributed by atoms with Gasteiger partial charge in [0.25, 0.3) is 0 Å². The summed E-state index contributed by atoms with van der Waals surface area (Å²) in [6.07, 6.45) is 0. The van der Waals surface area contributed by atoms with Gasteiger partial charge in [-0.25, -0.2) is 0 Å². The fourth-order valence-corrected chi connectivity index (χ4v) is 1.12. The van der Waals surface area contributed by atoms with E-state index >= 15 is 0 Å². The molecular weight excluding hydrogens is 223 g/mol. The van der Waals surface area contributed by atoms with Crippen LogP contribution in [0.2, 0.25) is 5.02 Å². The molecule has 0 amide bonds. The maximum Gasteiger partial charge on any atom is 0.313 e. The summed E-state index contributed by atoms with van der Waals surface area (Å²) in [5, 5.41) is 9.55. The molecule has 4 heteroatoms. The Labute approximate surface area is 94.3 Å². The molecule has 1 aromatic rings. The Bertz CT molecular complexity index is 317. The minimum atomic E-state index is -0.857. The maximum atomic E-state index is 10.9. The Morgan fingerprint density at radius 2 is 1.71 bits per heavy atom. The van der Waals surface area contributed by atoms with E-state index in [1.807, 2.05) is 0 Å². The first-order chi connectivity index (χ1) is 5.94. The third-order valence-corrected chi connectivity index (χ3v) is 2.35. The highest BCUT2D eigenvalue weighted by Gasteiger charge is 2.28. The molecule has 1 N–H and O–H groups in total. The summed E-state index contributed by atoms with van der Waals surface area (Å²) < 4.78 is 0.